The van der Waals surface area contributed by atoms with Gasteiger partial charge in [0.25, 0.3) is 0 Å². The van der Waals surface area contributed by atoms with E-state index in [9.17, 15) is 9.59 Å². The lowest BCUT2D eigenvalue weighted by Gasteiger charge is -2.31. The number of nitrogens with zero attached hydrogens (tertiary/aromatic N) is 2. The van der Waals surface area contributed by atoms with Crippen LogP contribution in [0, 0.1) is 19.8 Å². The van der Waals surface area contributed by atoms with Gasteiger partial charge in [-0.25, -0.2) is 0 Å². The molecular weight excluding hydrogens is 410 g/mol. The Balaban J connectivity index is 1.63. The molecule has 2 amide bonds. The van der Waals surface area contributed by atoms with Gasteiger partial charge in [0.1, 0.15) is 12.4 Å². The quantitative estimate of drug-likeness (QED) is 0.632. The number of aryl methyl sites for hydroxylation is 2. The third-order valence-corrected chi connectivity index (χ3v) is 5.61. The van der Waals surface area contributed by atoms with Crippen molar-refractivity contribution in [2.75, 3.05) is 26.7 Å². The molecule has 0 spiro atoms. The maximum Gasteiger partial charge on any atom is 0.246 e. The van der Waals surface area contributed by atoms with Gasteiger partial charge in [-0.05, 0) is 57.4 Å². The lowest BCUT2D eigenvalue weighted by atomic mass is 9.97. The van der Waals surface area contributed by atoms with E-state index in [2.05, 4.69) is 10.5 Å². The summed E-state index contributed by atoms with van der Waals surface area (Å²) in [5.41, 5.74) is 2.53. The van der Waals surface area contributed by atoms with Crippen molar-refractivity contribution in [1.29, 1.82) is 0 Å². The van der Waals surface area contributed by atoms with Gasteiger partial charge in [0.2, 0.25) is 11.8 Å². The van der Waals surface area contributed by atoms with E-state index in [-0.39, 0.29) is 17.7 Å². The van der Waals surface area contributed by atoms with Gasteiger partial charge in [-0.2, -0.15) is 0 Å². The van der Waals surface area contributed by atoms with E-state index in [4.69, 9.17) is 14.0 Å². The van der Waals surface area contributed by atoms with E-state index < -0.39 is 0 Å². The lowest BCUT2D eigenvalue weighted by molar-refractivity contribution is -0.132. The van der Waals surface area contributed by atoms with Gasteiger partial charge in [0.05, 0.1) is 24.3 Å². The minimum atomic E-state index is -0.143. The van der Waals surface area contributed by atoms with Crippen molar-refractivity contribution in [3.63, 3.8) is 0 Å². The number of methoxy groups -OCH3 is 1. The first-order valence-electron chi connectivity index (χ1n) is 10.9. The Morgan fingerprint density at radius 3 is 2.81 bits per heavy atom. The van der Waals surface area contributed by atoms with Gasteiger partial charge in [0.15, 0.2) is 11.5 Å². The highest BCUT2D eigenvalue weighted by Gasteiger charge is 2.27. The van der Waals surface area contributed by atoms with E-state index in [0.717, 1.165) is 35.4 Å². The number of piperidine rings is 1. The molecular formula is C24H31N3O5. The van der Waals surface area contributed by atoms with Crippen molar-refractivity contribution in [3.05, 3.63) is 46.9 Å². The van der Waals surface area contributed by atoms with E-state index in [1.54, 1.807) is 24.2 Å². The molecule has 1 aliphatic heterocycles. The second-order valence-electron chi connectivity index (χ2n) is 7.85. The number of nitrogens with one attached hydrogen (secondary N) is 1. The molecule has 0 aliphatic carbocycles. The minimum absolute atomic E-state index is 0.0193. The number of hydrogen-bond donors (Lipinski definition) is 1. The predicted molar refractivity (Wildman–Crippen MR) is 120 cm³/mol. The van der Waals surface area contributed by atoms with Crippen molar-refractivity contribution in [3.8, 4) is 11.5 Å². The van der Waals surface area contributed by atoms with Gasteiger partial charge in [-0.3, -0.25) is 9.59 Å². The Morgan fingerprint density at radius 2 is 2.12 bits per heavy atom. The van der Waals surface area contributed by atoms with Crippen LogP contribution in [0.25, 0.3) is 6.08 Å². The predicted octanol–water partition coefficient (Wildman–Crippen LogP) is 3.27. The Labute approximate surface area is 188 Å². The molecule has 1 atom stereocenters. The first-order chi connectivity index (χ1) is 15.4. The average molecular weight is 442 g/mol. The first kappa shape index (κ1) is 23.4. The summed E-state index contributed by atoms with van der Waals surface area (Å²) in [7, 11) is 1.58. The summed E-state index contributed by atoms with van der Waals surface area (Å²) in [4.78, 5) is 26.5. The third-order valence-electron chi connectivity index (χ3n) is 5.61. The summed E-state index contributed by atoms with van der Waals surface area (Å²) in [5, 5.41) is 6.78. The molecule has 172 valence electrons. The number of aromatic nitrogens is 1. The number of benzene rings is 1. The number of likely N-dealkylation sites (tertiary alicyclic amines) is 1. The number of amides is 2. The molecule has 0 radical (unpaired) electrons. The topological polar surface area (TPSA) is 93.9 Å². The fourth-order valence-corrected chi connectivity index (χ4v) is 3.75. The maximum atomic E-state index is 12.7. The molecule has 32 heavy (non-hydrogen) atoms. The van der Waals surface area contributed by atoms with Crippen LogP contribution in [-0.2, 0) is 16.2 Å². The zero-order valence-electron chi connectivity index (χ0n) is 19.1. The van der Waals surface area contributed by atoms with Crippen molar-refractivity contribution in [1.82, 2.24) is 15.4 Å². The van der Waals surface area contributed by atoms with Crippen LogP contribution in [0.3, 0.4) is 0 Å². The minimum Gasteiger partial charge on any atom is -0.493 e. The standard InChI is InChI=1S/C24H31N3O5/c1-5-25-24(29)19-7-6-12-27(14-19)23(28)11-9-18-8-10-21(22(13-18)30-4)31-15-20-16(2)26-32-17(20)3/h8-11,13,19H,5-7,12,14-15H2,1-4H3,(H,25,29)/b11-9+/t19-/m0/s1. The van der Waals surface area contributed by atoms with Crippen LogP contribution >= 0.6 is 0 Å². The molecule has 1 N–H and O–H groups in total. The van der Waals surface area contributed by atoms with Gasteiger partial charge in [-0.15, -0.1) is 0 Å². The molecule has 1 aromatic heterocycles. The number of ether oxygens (including phenoxy) is 2. The molecule has 0 unspecified atom stereocenters. The van der Waals surface area contributed by atoms with E-state index in [0.29, 0.717) is 37.7 Å². The molecule has 1 fully saturated rings. The van der Waals surface area contributed by atoms with E-state index in [1.165, 1.54) is 0 Å². The van der Waals surface area contributed by atoms with Gasteiger partial charge in [-0.1, -0.05) is 11.2 Å². The monoisotopic (exact) mass is 441 g/mol. The number of carbonyl (C=O) groups is 2. The molecule has 8 heteroatoms. The van der Waals surface area contributed by atoms with Gasteiger partial charge >= 0.3 is 0 Å². The summed E-state index contributed by atoms with van der Waals surface area (Å²) in [6.45, 7) is 7.66. The van der Waals surface area contributed by atoms with Crippen molar-refractivity contribution in [2.24, 2.45) is 5.92 Å². The highest BCUT2D eigenvalue weighted by molar-refractivity contribution is 5.92. The van der Waals surface area contributed by atoms with Crippen LogP contribution in [0.2, 0.25) is 0 Å². The lowest BCUT2D eigenvalue weighted by Crippen LogP contribution is -2.44. The Morgan fingerprint density at radius 1 is 1.31 bits per heavy atom. The Kier molecular flexibility index (Phi) is 7.92. The highest BCUT2D eigenvalue weighted by Crippen LogP contribution is 2.30. The van der Waals surface area contributed by atoms with Crippen LogP contribution < -0.4 is 14.8 Å². The van der Waals surface area contributed by atoms with E-state index in [1.807, 2.05) is 39.0 Å². The number of hydrogen-bond acceptors (Lipinski definition) is 6. The fraction of sp³-hybridized carbons (Fsp3) is 0.458. The molecule has 0 saturated carbocycles. The summed E-state index contributed by atoms with van der Waals surface area (Å²) in [6, 6.07) is 5.50. The summed E-state index contributed by atoms with van der Waals surface area (Å²) in [6.07, 6.45) is 4.93. The van der Waals surface area contributed by atoms with Crippen molar-refractivity contribution in [2.45, 2.75) is 40.2 Å². The highest BCUT2D eigenvalue weighted by atomic mass is 16.5. The van der Waals surface area contributed by atoms with E-state index >= 15 is 0 Å². The Bertz CT molecular complexity index is 963. The third kappa shape index (κ3) is 5.69. The zero-order chi connectivity index (χ0) is 23.1. The van der Waals surface area contributed by atoms with Crippen LogP contribution in [0.15, 0.2) is 28.8 Å². The maximum absolute atomic E-state index is 12.7. The van der Waals surface area contributed by atoms with Crippen LogP contribution in [0.4, 0.5) is 0 Å². The van der Waals surface area contributed by atoms with Crippen molar-refractivity contribution < 1.29 is 23.6 Å². The van der Waals surface area contributed by atoms with Gasteiger partial charge in [0, 0.05) is 25.7 Å². The fourth-order valence-electron chi connectivity index (χ4n) is 3.75. The number of rotatable bonds is 8. The molecule has 0 bridgehead atoms. The number of carbonyl (C=O) groups excluding carboxylic acids is 2. The zero-order valence-corrected chi connectivity index (χ0v) is 19.1. The second kappa shape index (κ2) is 10.8. The summed E-state index contributed by atoms with van der Waals surface area (Å²) in [5.74, 6) is 1.67. The van der Waals surface area contributed by atoms with Crippen LogP contribution in [0.5, 0.6) is 11.5 Å². The SMILES string of the molecule is CCNC(=O)[C@H]1CCCN(C(=O)/C=C/c2ccc(OCc3c(C)noc3C)c(OC)c2)C1. The molecule has 2 heterocycles. The average Bonchev–Trinajstić information content (AvgIpc) is 3.13. The Hall–Kier alpha value is -3.29. The van der Waals surface area contributed by atoms with Crippen LogP contribution in [0.1, 0.15) is 42.3 Å². The first-order valence-corrected chi connectivity index (χ1v) is 10.9. The second-order valence-corrected chi connectivity index (χ2v) is 7.85. The molecule has 1 aromatic carbocycles. The normalized spacial score (nSPS) is 16.2. The molecule has 2 aromatic rings. The molecule has 1 saturated heterocycles. The van der Waals surface area contributed by atoms with Crippen molar-refractivity contribution >= 4 is 17.9 Å². The molecule has 3 rings (SSSR count). The largest absolute Gasteiger partial charge is 0.493 e. The molecule has 8 nitrogen and oxygen atoms in total. The summed E-state index contributed by atoms with van der Waals surface area (Å²) < 4.78 is 16.5. The molecule has 1 aliphatic rings. The summed E-state index contributed by atoms with van der Waals surface area (Å²) >= 11 is 0. The van der Waals surface area contributed by atoms with Crippen LogP contribution in [-0.4, -0.2) is 48.6 Å². The van der Waals surface area contributed by atoms with Gasteiger partial charge < -0.3 is 24.2 Å². The smallest absolute Gasteiger partial charge is 0.246 e.